The maximum Gasteiger partial charge on any atom is 0.234 e. The van der Waals surface area contributed by atoms with E-state index in [4.69, 9.17) is 0 Å². The van der Waals surface area contributed by atoms with Crippen LogP contribution in [0.1, 0.15) is 27.7 Å². The second-order valence-electron chi connectivity index (χ2n) is 5.07. The van der Waals surface area contributed by atoms with Crippen LogP contribution in [0, 0.1) is 5.92 Å². The number of rotatable bonds is 6. The summed E-state index contributed by atoms with van der Waals surface area (Å²) in [5, 5.41) is 5.98. The Balaban J connectivity index is 2.51. The van der Waals surface area contributed by atoms with Gasteiger partial charge in [-0.1, -0.05) is 26.8 Å². The van der Waals surface area contributed by atoms with Gasteiger partial charge in [0.15, 0.2) is 0 Å². The van der Waals surface area contributed by atoms with Gasteiger partial charge in [0.05, 0.1) is 5.75 Å². The molecular formula is C15H22N2O2S. The number of hydrogen-bond acceptors (Lipinski definition) is 3. The third-order valence-corrected chi connectivity index (χ3v) is 4.38. The Hall–Kier alpha value is -1.49. The third-order valence-electron chi connectivity index (χ3n) is 2.88. The number of thioether (sulfide) groups is 1. The van der Waals surface area contributed by atoms with Gasteiger partial charge in [0.1, 0.15) is 0 Å². The van der Waals surface area contributed by atoms with Crippen molar-refractivity contribution in [1.29, 1.82) is 0 Å². The van der Waals surface area contributed by atoms with Crippen LogP contribution >= 0.6 is 11.8 Å². The van der Waals surface area contributed by atoms with E-state index in [9.17, 15) is 9.59 Å². The highest BCUT2D eigenvalue weighted by atomic mass is 32.2. The highest BCUT2D eigenvalue weighted by molar-refractivity contribution is 8.00. The summed E-state index contributed by atoms with van der Waals surface area (Å²) in [6.07, 6.45) is 0. The van der Waals surface area contributed by atoms with Gasteiger partial charge >= 0.3 is 0 Å². The normalized spacial score (nSPS) is 12.1. The summed E-state index contributed by atoms with van der Waals surface area (Å²) in [6, 6.07) is 7.13. The molecule has 2 amide bonds. The minimum absolute atomic E-state index is 0.0255. The maximum atomic E-state index is 11.9. The van der Waals surface area contributed by atoms with E-state index >= 15 is 0 Å². The number of amides is 2. The van der Waals surface area contributed by atoms with Crippen LogP contribution in [-0.2, 0) is 9.59 Å². The van der Waals surface area contributed by atoms with Crippen molar-refractivity contribution in [2.75, 3.05) is 16.4 Å². The van der Waals surface area contributed by atoms with Crippen LogP contribution in [0.4, 0.5) is 11.4 Å². The largest absolute Gasteiger partial charge is 0.326 e. The molecular weight excluding hydrogens is 272 g/mol. The van der Waals surface area contributed by atoms with Crippen LogP contribution in [0.3, 0.4) is 0 Å². The highest BCUT2D eigenvalue weighted by Gasteiger charge is 2.10. The monoisotopic (exact) mass is 294 g/mol. The molecule has 1 aromatic rings. The summed E-state index contributed by atoms with van der Waals surface area (Å²) in [6.45, 7) is 7.87. The van der Waals surface area contributed by atoms with Gasteiger partial charge in [-0.15, -0.1) is 11.8 Å². The fourth-order valence-corrected chi connectivity index (χ4v) is 2.35. The van der Waals surface area contributed by atoms with Crippen LogP contribution in [0.5, 0.6) is 0 Å². The fraction of sp³-hybridized carbons (Fsp3) is 0.467. The van der Waals surface area contributed by atoms with Crippen molar-refractivity contribution in [2.45, 2.75) is 32.9 Å². The quantitative estimate of drug-likeness (QED) is 0.846. The van der Waals surface area contributed by atoms with E-state index in [1.807, 2.05) is 0 Å². The lowest BCUT2D eigenvalue weighted by Gasteiger charge is -2.14. The molecule has 0 saturated heterocycles. The van der Waals surface area contributed by atoms with Gasteiger partial charge in [0, 0.05) is 23.5 Å². The molecule has 0 heterocycles. The molecule has 0 fully saturated rings. The molecule has 2 N–H and O–H groups in total. The van der Waals surface area contributed by atoms with E-state index in [0.717, 1.165) is 0 Å². The zero-order valence-electron chi connectivity index (χ0n) is 12.4. The van der Waals surface area contributed by atoms with Crippen molar-refractivity contribution < 1.29 is 9.59 Å². The van der Waals surface area contributed by atoms with Crippen molar-refractivity contribution in [3.8, 4) is 0 Å². The molecule has 110 valence electrons. The van der Waals surface area contributed by atoms with Gasteiger partial charge in [0.2, 0.25) is 11.8 Å². The smallest absolute Gasteiger partial charge is 0.234 e. The molecule has 0 bridgehead atoms. The summed E-state index contributed by atoms with van der Waals surface area (Å²) in [7, 11) is 0. The average Bonchev–Trinajstić information content (AvgIpc) is 2.35. The van der Waals surface area contributed by atoms with E-state index in [1.165, 1.54) is 6.92 Å². The standard InChI is InChI=1S/C15H22N2O2S/c1-10(2)11(3)20-9-15(19)17-14-7-5-6-13(8-14)16-12(4)18/h5-8,10-11H,9H2,1-4H3,(H,16,18)(H,17,19). The van der Waals surface area contributed by atoms with E-state index in [0.29, 0.717) is 28.3 Å². The minimum atomic E-state index is -0.130. The topological polar surface area (TPSA) is 58.2 Å². The molecule has 0 aliphatic carbocycles. The van der Waals surface area contributed by atoms with E-state index in [-0.39, 0.29) is 11.8 Å². The van der Waals surface area contributed by atoms with Crippen LogP contribution < -0.4 is 10.6 Å². The first-order valence-corrected chi connectivity index (χ1v) is 7.72. The lowest BCUT2D eigenvalue weighted by molar-refractivity contribution is -0.114. The van der Waals surface area contributed by atoms with Crippen LogP contribution in [0.2, 0.25) is 0 Å². The number of carbonyl (C=O) groups excluding carboxylic acids is 2. The zero-order valence-corrected chi connectivity index (χ0v) is 13.2. The van der Waals surface area contributed by atoms with Crippen molar-refractivity contribution in [2.24, 2.45) is 5.92 Å². The number of carbonyl (C=O) groups is 2. The Morgan fingerprint density at radius 3 is 2.30 bits per heavy atom. The molecule has 0 aliphatic rings. The van der Waals surface area contributed by atoms with Crippen LogP contribution in [0.25, 0.3) is 0 Å². The van der Waals surface area contributed by atoms with Gasteiger partial charge in [-0.2, -0.15) is 0 Å². The number of benzene rings is 1. The summed E-state index contributed by atoms with van der Waals surface area (Å²) < 4.78 is 0. The SMILES string of the molecule is CC(=O)Nc1cccc(NC(=O)CSC(C)C(C)C)c1. The first kappa shape index (κ1) is 16.6. The van der Waals surface area contributed by atoms with Crippen LogP contribution in [0.15, 0.2) is 24.3 Å². The number of hydrogen-bond donors (Lipinski definition) is 2. The van der Waals surface area contributed by atoms with Gasteiger partial charge in [-0.3, -0.25) is 9.59 Å². The molecule has 1 rings (SSSR count). The Bertz CT molecular complexity index is 475. The number of nitrogens with one attached hydrogen (secondary N) is 2. The summed E-state index contributed by atoms with van der Waals surface area (Å²) in [5.74, 6) is 0.831. The number of anilines is 2. The average molecular weight is 294 g/mol. The Labute approximate surface area is 124 Å². The predicted molar refractivity (Wildman–Crippen MR) is 86.1 cm³/mol. The molecule has 1 atom stereocenters. The molecule has 5 heteroatoms. The highest BCUT2D eigenvalue weighted by Crippen LogP contribution is 2.19. The molecule has 4 nitrogen and oxygen atoms in total. The van der Waals surface area contributed by atoms with Crippen molar-refractivity contribution >= 4 is 35.0 Å². The first-order chi connectivity index (χ1) is 9.38. The molecule has 20 heavy (non-hydrogen) atoms. The third kappa shape index (κ3) is 6.10. The van der Waals surface area contributed by atoms with Crippen LogP contribution in [-0.4, -0.2) is 22.8 Å². The molecule has 0 aliphatic heterocycles. The summed E-state index contributed by atoms with van der Waals surface area (Å²) in [4.78, 5) is 22.8. The molecule has 0 spiro atoms. The Kier molecular flexibility index (Phi) is 6.58. The maximum absolute atomic E-state index is 11.9. The van der Waals surface area contributed by atoms with Crippen molar-refractivity contribution in [3.05, 3.63) is 24.3 Å². The van der Waals surface area contributed by atoms with Crippen molar-refractivity contribution in [1.82, 2.24) is 0 Å². The minimum Gasteiger partial charge on any atom is -0.326 e. The second-order valence-corrected chi connectivity index (χ2v) is 6.44. The van der Waals surface area contributed by atoms with Gasteiger partial charge in [0.25, 0.3) is 0 Å². The van der Waals surface area contributed by atoms with E-state index in [1.54, 1.807) is 36.0 Å². The second kappa shape index (κ2) is 7.94. The fourth-order valence-electron chi connectivity index (χ4n) is 1.47. The molecule has 0 radical (unpaired) electrons. The Morgan fingerprint density at radius 1 is 1.15 bits per heavy atom. The van der Waals surface area contributed by atoms with E-state index < -0.39 is 0 Å². The summed E-state index contributed by atoms with van der Waals surface area (Å²) in [5.41, 5.74) is 1.37. The zero-order chi connectivity index (χ0) is 15.1. The molecule has 1 unspecified atom stereocenters. The molecule has 0 aromatic heterocycles. The van der Waals surface area contributed by atoms with Crippen molar-refractivity contribution in [3.63, 3.8) is 0 Å². The Morgan fingerprint density at radius 2 is 1.75 bits per heavy atom. The predicted octanol–water partition coefficient (Wildman–Crippen LogP) is 3.36. The lowest BCUT2D eigenvalue weighted by atomic mass is 10.2. The van der Waals surface area contributed by atoms with Gasteiger partial charge in [-0.25, -0.2) is 0 Å². The molecule has 1 aromatic carbocycles. The lowest BCUT2D eigenvalue weighted by Crippen LogP contribution is -2.17. The van der Waals surface area contributed by atoms with E-state index in [2.05, 4.69) is 31.4 Å². The molecule has 0 saturated carbocycles. The summed E-state index contributed by atoms with van der Waals surface area (Å²) >= 11 is 1.64. The van der Waals surface area contributed by atoms with Gasteiger partial charge in [-0.05, 0) is 24.1 Å². The van der Waals surface area contributed by atoms with Gasteiger partial charge < -0.3 is 10.6 Å². The first-order valence-electron chi connectivity index (χ1n) is 6.67.